The fourth-order valence-corrected chi connectivity index (χ4v) is 3.05. The van der Waals surface area contributed by atoms with Gasteiger partial charge in [0.1, 0.15) is 40.9 Å². The molecule has 2 aromatic carbocycles. The van der Waals surface area contributed by atoms with Gasteiger partial charge in [-0.05, 0) is 26.3 Å². The highest BCUT2D eigenvalue weighted by Crippen LogP contribution is 2.45. The Morgan fingerprint density at radius 2 is 1.81 bits per heavy atom. The summed E-state index contributed by atoms with van der Waals surface area (Å²) in [5.74, 6) is -1.92. The average Bonchev–Trinajstić information content (AvgIpc) is 2.55. The van der Waals surface area contributed by atoms with E-state index in [4.69, 9.17) is 4.74 Å². The molecule has 0 fully saturated rings. The lowest BCUT2D eigenvalue weighted by Crippen LogP contribution is -2.27. The van der Waals surface area contributed by atoms with Gasteiger partial charge in [-0.2, -0.15) is 0 Å². The predicted molar refractivity (Wildman–Crippen MR) is 98.9 cm³/mol. The first-order chi connectivity index (χ1) is 12.3. The summed E-state index contributed by atoms with van der Waals surface area (Å²) in [7, 11) is 0. The van der Waals surface area contributed by atoms with Crippen molar-refractivity contribution in [1.29, 1.82) is 0 Å². The van der Waals surface area contributed by atoms with Crippen LogP contribution in [0, 0.1) is 0 Å². The smallest absolute Gasteiger partial charge is 0.181 e. The van der Waals surface area contributed by atoms with Crippen molar-refractivity contribution in [2.75, 3.05) is 6.61 Å². The third kappa shape index (κ3) is 3.68. The van der Waals surface area contributed by atoms with Crippen LogP contribution in [-0.2, 0) is 6.42 Å². The highest BCUT2D eigenvalue weighted by molar-refractivity contribution is 6.07. The van der Waals surface area contributed by atoms with Crippen LogP contribution in [-0.4, -0.2) is 38.3 Å². The van der Waals surface area contributed by atoms with Crippen LogP contribution in [0.5, 0.6) is 28.7 Å². The van der Waals surface area contributed by atoms with Crippen LogP contribution in [0.25, 0.3) is 0 Å². The van der Waals surface area contributed by atoms with Gasteiger partial charge in [-0.1, -0.05) is 17.7 Å². The molecule has 3 rings (SSSR count). The van der Waals surface area contributed by atoms with Gasteiger partial charge in [0.2, 0.25) is 0 Å². The monoisotopic (exact) mass is 374 g/mol. The van der Waals surface area contributed by atoms with Crippen LogP contribution < -0.4 is 4.74 Å². The summed E-state index contributed by atoms with van der Waals surface area (Å²) in [5.41, 5.74) is 1.77. The molecule has 1 atom stereocenters. The molecule has 6 N–H and O–H groups in total. The van der Waals surface area contributed by atoms with Gasteiger partial charge in [0, 0.05) is 23.3 Å². The molecule has 0 amide bonds. The van der Waals surface area contributed by atoms with Crippen LogP contribution in [0.2, 0.25) is 0 Å². The summed E-state index contributed by atoms with van der Waals surface area (Å²) in [5, 5.41) is 39.8. The molecule has 0 saturated heterocycles. The maximum absolute atomic E-state index is 13.0. The van der Waals surface area contributed by atoms with Gasteiger partial charge in [-0.3, -0.25) is 4.79 Å². The molecule has 0 radical (unpaired) electrons. The van der Waals surface area contributed by atoms with Gasteiger partial charge in [-0.15, -0.1) is 0 Å². The molecule has 144 valence electrons. The summed E-state index contributed by atoms with van der Waals surface area (Å²) < 4.78 is 5.73. The standard InChI is InChI=1S/C20H20O6.H2O/c1-10(2)3-5-13-16(23)8-17(24)18-19(25)14(9-26-20(13)18)12-6-4-11(21)7-15(12)22;/h3-4,6-8,14,21-24H,5,9H2,1-2H3;1H2. The topological polar surface area (TPSA) is 139 Å². The Balaban J connectivity index is 0.00000261. The maximum atomic E-state index is 13.0. The van der Waals surface area contributed by atoms with E-state index in [9.17, 15) is 25.2 Å². The first-order valence-electron chi connectivity index (χ1n) is 8.19. The Bertz CT molecular complexity index is 911. The second kappa shape index (κ2) is 7.59. The Hall–Kier alpha value is -3.19. The number of Topliss-reactive ketones (excluding diaryl/α,β-unsaturated/α-hetero) is 1. The van der Waals surface area contributed by atoms with Crippen molar-refractivity contribution in [3.63, 3.8) is 0 Å². The van der Waals surface area contributed by atoms with Gasteiger partial charge < -0.3 is 30.6 Å². The van der Waals surface area contributed by atoms with E-state index in [2.05, 4.69) is 0 Å². The predicted octanol–water partition coefficient (Wildman–Crippen LogP) is 2.55. The number of fused-ring (bicyclic) bond motifs is 1. The van der Waals surface area contributed by atoms with E-state index >= 15 is 0 Å². The molecule has 1 aliphatic rings. The Kier molecular flexibility index (Phi) is 5.66. The van der Waals surface area contributed by atoms with Gasteiger partial charge >= 0.3 is 0 Å². The molecule has 0 bridgehead atoms. The molecule has 0 spiro atoms. The van der Waals surface area contributed by atoms with E-state index in [0.29, 0.717) is 17.5 Å². The number of benzene rings is 2. The molecule has 0 aromatic heterocycles. The summed E-state index contributed by atoms with van der Waals surface area (Å²) in [6, 6.07) is 5.10. The quantitative estimate of drug-likeness (QED) is 0.609. The number of phenols is 4. The minimum Gasteiger partial charge on any atom is -0.508 e. The fourth-order valence-electron chi connectivity index (χ4n) is 3.05. The van der Waals surface area contributed by atoms with Crippen molar-refractivity contribution in [2.24, 2.45) is 0 Å². The van der Waals surface area contributed by atoms with E-state index in [1.165, 1.54) is 12.1 Å². The molecule has 0 saturated carbocycles. The minimum atomic E-state index is -0.824. The third-order valence-electron chi connectivity index (χ3n) is 4.40. The summed E-state index contributed by atoms with van der Waals surface area (Å²) in [6.07, 6.45) is 2.25. The van der Waals surface area contributed by atoms with E-state index in [0.717, 1.165) is 17.7 Å². The summed E-state index contributed by atoms with van der Waals surface area (Å²) in [6.45, 7) is 3.79. The SMILES string of the molecule is CC(C)=CCc1c(O)cc(O)c2c1OCC(c1ccc(O)cc1O)C2=O.O. The van der Waals surface area contributed by atoms with Crippen LogP contribution >= 0.6 is 0 Å². The number of carbonyl (C=O) groups is 1. The van der Waals surface area contributed by atoms with E-state index in [-0.39, 0.29) is 46.4 Å². The number of carbonyl (C=O) groups excluding carboxylic acids is 1. The molecule has 2 aromatic rings. The lowest BCUT2D eigenvalue weighted by atomic mass is 9.86. The lowest BCUT2D eigenvalue weighted by Gasteiger charge is -2.27. The molecule has 0 aliphatic carbocycles. The lowest BCUT2D eigenvalue weighted by molar-refractivity contribution is 0.0888. The number of allylic oxidation sites excluding steroid dienone is 2. The third-order valence-corrected chi connectivity index (χ3v) is 4.40. The van der Waals surface area contributed by atoms with E-state index in [1.54, 1.807) is 0 Å². The average molecular weight is 374 g/mol. The molecule has 1 heterocycles. The zero-order valence-electron chi connectivity index (χ0n) is 15.0. The van der Waals surface area contributed by atoms with Crippen molar-refractivity contribution < 1.29 is 35.4 Å². The normalized spacial score (nSPS) is 15.3. The first-order valence-corrected chi connectivity index (χ1v) is 8.19. The second-order valence-corrected chi connectivity index (χ2v) is 6.55. The summed E-state index contributed by atoms with van der Waals surface area (Å²) >= 11 is 0. The van der Waals surface area contributed by atoms with Crippen molar-refractivity contribution in [2.45, 2.75) is 26.2 Å². The molecule has 7 heteroatoms. The van der Waals surface area contributed by atoms with Crippen molar-refractivity contribution in [3.8, 4) is 28.7 Å². The van der Waals surface area contributed by atoms with Crippen molar-refractivity contribution in [3.05, 3.63) is 52.6 Å². The Morgan fingerprint density at radius 1 is 1.11 bits per heavy atom. The second-order valence-electron chi connectivity index (χ2n) is 6.55. The number of ether oxygens (including phenoxy) is 1. The number of hydrogen-bond donors (Lipinski definition) is 4. The number of hydrogen-bond acceptors (Lipinski definition) is 6. The minimum absolute atomic E-state index is 0. The van der Waals surface area contributed by atoms with Gasteiger partial charge in [-0.25, -0.2) is 0 Å². The zero-order valence-corrected chi connectivity index (χ0v) is 15.0. The molecular formula is C20H22O7. The molecular weight excluding hydrogens is 352 g/mol. The van der Waals surface area contributed by atoms with Gasteiger partial charge in [0.25, 0.3) is 0 Å². The Labute approximate surface area is 156 Å². The molecule has 1 aliphatic heterocycles. The largest absolute Gasteiger partial charge is 0.508 e. The zero-order chi connectivity index (χ0) is 19.0. The maximum Gasteiger partial charge on any atom is 0.181 e. The van der Waals surface area contributed by atoms with Crippen LogP contribution in [0.1, 0.15) is 41.3 Å². The molecule has 1 unspecified atom stereocenters. The van der Waals surface area contributed by atoms with Gasteiger partial charge in [0.05, 0.1) is 5.92 Å². The summed E-state index contributed by atoms with van der Waals surface area (Å²) in [4.78, 5) is 13.0. The Morgan fingerprint density at radius 3 is 2.44 bits per heavy atom. The number of aromatic hydroxyl groups is 4. The van der Waals surface area contributed by atoms with E-state index < -0.39 is 11.7 Å². The van der Waals surface area contributed by atoms with Crippen molar-refractivity contribution >= 4 is 5.78 Å². The van der Waals surface area contributed by atoms with Crippen LogP contribution in [0.15, 0.2) is 35.9 Å². The van der Waals surface area contributed by atoms with Crippen LogP contribution in [0.3, 0.4) is 0 Å². The van der Waals surface area contributed by atoms with Crippen molar-refractivity contribution in [1.82, 2.24) is 0 Å². The highest BCUT2D eigenvalue weighted by Gasteiger charge is 2.36. The number of rotatable bonds is 3. The molecule has 7 nitrogen and oxygen atoms in total. The van der Waals surface area contributed by atoms with E-state index in [1.807, 2.05) is 19.9 Å². The van der Waals surface area contributed by atoms with Crippen LogP contribution in [0.4, 0.5) is 0 Å². The fraction of sp³-hybridized carbons (Fsp3) is 0.250. The number of phenolic OH excluding ortho intramolecular Hbond substituents is 4. The van der Waals surface area contributed by atoms with Gasteiger partial charge in [0.15, 0.2) is 5.78 Å². The first kappa shape index (κ1) is 20.1. The highest BCUT2D eigenvalue weighted by atomic mass is 16.5. The number of ketones is 1. The molecule has 27 heavy (non-hydrogen) atoms.